The lowest BCUT2D eigenvalue weighted by Crippen LogP contribution is -2.15. The lowest BCUT2D eigenvalue weighted by Gasteiger charge is -1.88. The molecule has 34 valence electrons. The predicted molar refractivity (Wildman–Crippen MR) is 34.3 cm³/mol. The first kappa shape index (κ1) is 4.50. The van der Waals surface area contributed by atoms with Gasteiger partial charge in [0.1, 0.15) is 0 Å². The molecule has 0 N–H and O–H groups in total. The van der Waals surface area contributed by atoms with Crippen LogP contribution >= 0.6 is 0 Å². The summed E-state index contributed by atoms with van der Waals surface area (Å²) in [7, 11) is 3.95. The summed E-state index contributed by atoms with van der Waals surface area (Å²) in [6.07, 6.45) is 1.79. The van der Waals surface area contributed by atoms with Crippen molar-refractivity contribution in [2.45, 2.75) is 0 Å². The molecular weight excluding hydrogens is 85.7 g/mol. The van der Waals surface area contributed by atoms with Crippen LogP contribution in [0.15, 0.2) is 12.3 Å². The van der Waals surface area contributed by atoms with E-state index in [4.69, 9.17) is 0 Å². The summed E-state index contributed by atoms with van der Waals surface area (Å²) in [6.45, 7) is 0. The van der Waals surface area contributed by atoms with Gasteiger partial charge in [-0.1, -0.05) is 0 Å². The van der Waals surface area contributed by atoms with Crippen molar-refractivity contribution in [3.8, 4) is 0 Å². The van der Waals surface area contributed by atoms with E-state index < -0.39 is 0 Å². The van der Waals surface area contributed by atoms with Gasteiger partial charge in [0.15, 0.2) is 7.85 Å². The molecule has 2 nitrogen and oxygen atoms in total. The molecule has 0 fully saturated rings. The molecule has 0 amide bonds. The van der Waals surface area contributed by atoms with Gasteiger partial charge in [-0.3, -0.25) is 0 Å². The van der Waals surface area contributed by atoms with Crippen LogP contribution in [0, 0.1) is 0 Å². The van der Waals surface area contributed by atoms with Crippen molar-refractivity contribution in [2.24, 2.45) is 0 Å². The summed E-state index contributed by atoms with van der Waals surface area (Å²) >= 11 is 0. The van der Waals surface area contributed by atoms with Crippen LogP contribution in [-0.2, 0) is 0 Å². The molecule has 0 aromatic carbocycles. The van der Waals surface area contributed by atoms with Crippen molar-refractivity contribution >= 4 is 21.4 Å². The zero-order valence-corrected chi connectivity index (χ0v) is 4.55. The Labute approximate surface area is 44.4 Å². The van der Waals surface area contributed by atoms with Gasteiger partial charge in [-0.2, -0.15) is 5.10 Å². The highest BCUT2D eigenvalue weighted by Crippen LogP contribution is 1.67. The van der Waals surface area contributed by atoms with E-state index in [9.17, 15) is 0 Å². The fourth-order valence-electron chi connectivity index (χ4n) is 0.440. The topological polar surface area (TPSA) is 17.8 Å². The Balaban J connectivity index is 3.12. The van der Waals surface area contributed by atoms with Gasteiger partial charge in [0, 0.05) is 6.20 Å². The van der Waals surface area contributed by atoms with Gasteiger partial charge < -0.3 is 4.59 Å². The summed E-state index contributed by atoms with van der Waals surface area (Å²) in [6, 6.07) is 1.97. The monoisotopic (exact) mass is 92.1 g/mol. The Hall–Kier alpha value is -0.660. The van der Waals surface area contributed by atoms with Gasteiger partial charge in [-0.25, -0.2) is 0 Å². The minimum atomic E-state index is 1.19. The number of rotatable bonds is 0. The summed E-state index contributed by atoms with van der Waals surface area (Å²) < 4.78 is 1.83. The second-order valence-electron chi connectivity index (χ2n) is 1.60. The number of nitrogens with zero attached hydrogens (tertiary/aromatic N) is 2. The Morgan fingerprint density at radius 3 is 2.57 bits per heavy atom. The van der Waals surface area contributed by atoms with Crippen LogP contribution in [0.1, 0.15) is 0 Å². The highest BCUT2D eigenvalue weighted by molar-refractivity contribution is 6.33. The molecule has 1 heterocycles. The molecule has 0 unspecified atom stereocenters. The molecule has 0 aliphatic rings. The lowest BCUT2D eigenvalue weighted by atomic mass is 10.0. The Kier molecular flexibility index (Phi) is 0.929. The minimum Gasteiger partial charge on any atom is -0.333 e. The zero-order chi connectivity index (χ0) is 5.28. The summed E-state index contributed by atoms with van der Waals surface area (Å²) in [5, 5.41) is 3.93. The summed E-state index contributed by atoms with van der Waals surface area (Å²) in [4.78, 5) is 0. The first-order valence-electron chi connectivity index (χ1n) is 2.25. The minimum absolute atomic E-state index is 1.19. The molecule has 0 bridgehead atoms. The molecule has 0 atom stereocenters. The standard InChI is InChI=1S/C3H6B2N2/c4-3-1-2-6-7(3)5/h1-2H,4-5H2. The maximum Gasteiger partial charge on any atom is 0.247 e. The van der Waals surface area contributed by atoms with Crippen molar-refractivity contribution in [2.75, 3.05) is 0 Å². The van der Waals surface area contributed by atoms with Crippen LogP contribution in [-0.4, -0.2) is 25.5 Å². The SMILES string of the molecule is Bc1ccnn1B. The Morgan fingerprint density at radius 2 is 2.43 bits per heavy atom. The molecule has 0 saturated carbocycles. The van der Waals surface area contributed by atoms with Gasteiger partial charge in [0.25, 0.3) is 0 Å². The smallest absolute Gasteiger partial charge is 0.247 e. The maximum absolute atomic E-state index is 3.93. The number of hydrogen-bond acceptors (Lipinski definition) is 1. The maximum atomic E-state index is 3.93. The average Bonchev–Trinajstić information content (AvgIpc) is 1.91. The quantitative estimate of drug-likeness (QED) is 0.324. The van der Waals surface area contributed by atoms with Crippen LogP contribution in [0.25, 0.3) is 0 Å². The van der Waals surface area contributed by atoms with Crippen molar-refractivity contribution in [1.82, 2.24) is 9.69 Å². The molecule has 0 radical (unpaired) electrons. The molecule has 4 heteroatoms. The Bertz CT molecular complexity index is 143. The molecule has 0 aliphatic carbocycles. The highest BCUT2D eigenvalue weighted by Gasteiger charge is 1.83. The van der Waals surface area contributed by atoms with Crippen LogP contribution in [0.4, 0.5) is 0 Å². The molecule has 1 aromatic heterocycles. The number of aromatic nitrogens is 2. The Morgan fingerprint density at radius 1 is 1.71 bits per heavy atom. The van der Waals surface area contributed by atoms with Gasteiger partial charge in [-0.05, 0) is 11.7 Å². The van der Waals surface area contributed by atoms with Gasteiger partial charge >= 0.3 is 0 Å². The zero-order valence-electron chi connectivity index (χ0n) is 4.55. The summed E-state index contributed by atoms with van der Waals surface area (Å²) in [5.41, 5.74) is 1.19. The van der Waals surface area contributed by atoms with E-state index in [1.807, 2.05) is 26.5 Å². The second-order valence-corrected chi connectivity index (χ2v) is 1.60. The van der Waals surface area contributed by atoms with Crippen LogP contribution < -0.4 is 5.59 Å². The molecule has 0 spiro atoms. The van der Waals surface area contributed by atoms with Gasteiger partial charge in [0.2, 0.25) is 7.98 Å². The second kappa shape index (κ2) is 1.45. The van der Waals surface area contributed by atoms with Crippen LogP contribution in [0.2, 0.25) is 0 Å². The van der Waals surface area contributed by atoms with Crippen LogP contribution in [0.5, 0.6) is 0 Å². The van der Waals surface area contributed by atoms with E-state index in [-0.39, 0.29) is 0 Å². The molecular formula is C3H6B2N2. The van der Waals surface area contributed by atoms with E-state index in [1.165, 1.54) is 5.59 Å². The third kappa shape index (κ3) is 0.683. The van der Waals surface area contributed by atoms with Crippen LogP contribution in [0.3, 0.4) is 0 Å². The molecule has 1 rings (SSSR count). The fourth-order valence-corrected chi connectivity index (χ4v) is 0.440. The largest absolute Gasteiger partial charge is 0.333 e. The number of hydrogen-bond donors (Lipinski definition) is 0. The molecule has 7 heavy (non-hydrogen) atoms. The first-order valence-corrected chi connectivity index (χ1v) is 2.25. The van der Waals surface area contributed by atoms with E-state index in [1.54, 1.807) is 6.20 Å². The third-order valence-corrected chi connectivity index (χ3v) is 1.07. The molecule has 0 saturated heterocycles. The normalized spacial score (nSPS) is 9.14. The van der Waals surface area contributed by atoms with E-state index in [0.717, 1.165) is 0 Å². The van der Waals surface area contributed by atoms with Crippen molar-refractivity contribution < 1.29 is 0 Å². The molecule has 0 aliphatic heterocycles. The van der Waals surface area contributed by atoms with E-state index >= 15 is 0 Å². The first-order chi connectivity index (χ1) is 3.30. The summed E-state index contributed by atoms with van der Waals surface area (Å²) in [5.74, 6) is 0. The van der Waals surface area contributed by atoms with Crippen molar-refractivity contribution in [1.29, 1.82) is 0 Å². The van der Waals surface area contributed by atoms with E-state index in [0.29, 0.717) is 0 Å². The fraction of sp³-hybridized carbons (Fsp3) is 0. The highest BCUT2D eigenvalue weighted by atomic mass is 15.2. The van der Waals surface area contributed by atoms with E-state index in [2.05, 4.69) is 5.10 Å². The van der Waals surface area contributed by atoms with Gasteiger partial charge in [-0.15, -0.1) is 0 Å². The van der Waals surface area contributed by atoms with Crippen molar-refractivity contribution in [3.05, 3.63) is 12.3 Å². The van der Waals surface area contributed by atoms with Crippen molar-refractivity contribution in [3.63, 3.8) is 0 Å². The third-order valence-electron chi connectivity index (χ3n) is 1.07. The molecule has 1 aromatic rings. The average molecular weight is 91.7 g/mol. The predicted octanol–water partition coefficient (Wildman–Crippen LogP) is -2.46. The lowest BCUT2D eigenvalue weighted by molar-refractivity contribution is 1.02. The van der Waals surface area contributed by atoms with Gasteiger partial charge in [0.05, 0.1) is 0 Å².